The van der Waals surface area contributed by atoms with E-state index in [9.17, 15) is 0 Å². The van der Waals surface area contributed by atoms with Gasteiger partial charge in [-0.3, -0.25) is 0 Å². The van der Waals surface area contributed by atoms with E-state index in [-0.39, 0.29) is 0 Å². The third-order valence-corrected chi connectivity index (χ3v) is 4.04. The van der Waals surface area contributed by atoms with E-state index in [1.165, 1.54) is 22.4 Å². The summed E-state index contributed by atoms with van der Waals surface area (Å²) in [7, 11) is 0. The van der Waals surface area contributed by atoms with E-state index in [4.69, 9.17) is 0 Å². The molecule has 0 aliphatic rings. The lowest BCUT2D eigenvalue weighted by Gasteiger charge is -2.18. The van der Waals surface area contributed by atoms with E-state index >= 15 is 0 Å². The van der Waals surface area contributed by atoms with E-state index < -0.39 is 0 Å². The number of anilines is 1. The van der Waals surface area contributed by atoms with Gasteiger partial charge in [0.2, 0.25) is 0 Å². The lowest BCUT2D eigenvalue weighted by atomic mass is 9.99. The van der Waals surface area contributed by atoms with Crippen LogP contribution in [0.15, 0.2) is 48.5 Å². The molecule has 0 saturated carbocycles. The van der Waals surface area contributed by atoms with Crippen LogP contribution in [0.25, 0.3) is 0 Å². The Morgan fingerprint density at radius 1 is 0.667 bits per heavy atom. The zero-order valence-corrected chi connectivity index (χ0v) is 13.9. The zero-order chi connectivity index (χ0) is 15.4. The van der Waals surface area contributed by atoms with Gasteiger partial charge in [0, 0.05) is 11.7 Å². The molecule has 21 heavy (non-hydrogen) atoms. The predicted molar refractivity (Wildman–Crippen MR) is 93.1 cm³/mol. The van der Waals surface area contributed by atoms with Crippen LogP contribution < -0.4 is 5.32 Å². The molecule has 1 N–H and O–H groups in total. The van der Waals surface area contributed by atoms with Crippen molar-refractivity contribution in [3.63, 3.8) is 0 Å². The highest BCUT2D eigenvalue weighted by molar-refractivity contribution is 5.48. The van der Waals surface area contributed by atoms with Crippen molar-refractivity contribution in [3.05, 3.63) is 65.2 Å². The second-order valence-corrected chi connectivity index (χ2v) is 6.47. The van der Waals surface area contributed by atoms with Gasteiger partial charge in [-0.25, -0.2) is 0 Å². The Bertz CT molecular complexity index is 567. The summed E-state index contributed by atoms with van der Waals surface area (Å²) in [5.41, 5.74) is 5.30. The summed E-state index contributed by atoms with van der Waals surface area (Å²) in [5, 5.41) is 3.60. The lowest BCUT2D eigenvalue weighted by molar-refractivity contribution is 0.848. The maximum absolute atomic E-state index is 3.60. The van der Waals surface area contributed by atoms with Gasteiger partial charge in [0.25, 0.3) is 0 Å². The van der Waals surface area contributed by atoms with Crippen LogP contribution in [-0.4, -0.2) is 0 Å². The van der Waals surface area contributed by atoms with Crippen LogP contribution in [0, 0.1) is 0 Å². The SMILES string of the molecule is CC(C)c1ccc(C(C)Nc2cccc(C(C)C)c2)cc1. The smallest absolute Gasteiger partial charge is 0.0485 e. The van der Waals surface area contributed by atoms with Gasteiger partial charge < -0.3 is 5.32 Å². The fourth-order valence-electron chi connectivity index (χ4n) is 2.49. The Morgan fingerprint density at radius 2 is 1.24 bits per heavy atom. The third kappa shape index (κ3) is 4.10. The number of nitrogens with one attached hydrogen (secondary N) is 1. The average molecular weight is 281 g/mol. The number of hydrogen-bond donors (Lipinski definition) is 1. The van der Waals surface area contributed by atoms with Crippen molar-refractivity contribution in [3.8, 4) is 0 Å². The minimum Gasteiger partial charge on any atom is -0.379 e. The van der Waals surface area contributed by atoms with Gasteiger partial charge in [0.05, 0.1) is 0 Å². The molecule has 0 spiro atoms. The van der Waals surface area contributed by atoms with Crippen LogP contribution in [0.3, 0.4) is 0 Å². The molecule has 0 aliphatic heterocycles. The van der Waals surface area contributed by atoms with Crippen LogP contribution in [0.5, 0.6) is 0 Å². The molecular weight excluding hydrogens is 254 g/mol. The van der Waals surface area contributed by atoms with E-state index in [2.05, 4.69) is 88.5 Å². The van der Waals surface area contributed by atoms with E-state index in [0.29, 0.717) is 17.9 Å². The molecular formula is C20H27N. The molecule has 1 unspecified atom stereocenters. The maximum atomic E-state index is 3.60. The van der Waals surface area contributed by atoms with Gasteiger partial charge in [-0.05, 0) is 47.6 Å². The molecule has 0 aromatic heterocycles. The molecule has 112 valence electrons. The molecule has 0 fully saturated rings. The molecule has 0 bridgehead atoms. The van der Waals surface area contributed by atoms with Crippen molar-refractivity contribution in [1.82, 2.24) is 0 Å². The minimum atomic E-state index is 0.314. The molecule has 0 heterocycles. The van der Waals surface area contributed by atoms with Gasteiger partial charge in [-0.2, -0.15) is 0 Å². The first kappa shape index (κ1) is 15.6. The first-order valence-corrected chi connectivity index (χ1v) is 7.93. The van der Waals surface area contributed by atoms with Crippen LogP contribution >= 0.6 is 0 Å². The van der Waals surface area contributed by atoms with E-state index in [0.717, 1.165) is 0 Å². The van der Waals surface area contributed by atoms with Crippen molar-refractivity contribution < 1.29 is 0 Å². The topological polar surface area (TPSA) is 12.0 Å². The highest BCUT2D eigenvalue weighted by Gasteiger charge is 2.07. The molecule has 0 amide bonds. The number of hydrogen-bond acceptors (Lipinski definition) is 1. The number of benzene rings is 2. The summed E-state index contributed by atoms with van der Waals surface area (Å²) < 4.78 is 0. The minimum absolute atomic E-state index is 0.314. The van der Waals surface area contributed by atoms with Gasteiger partial charge in [0.1, 0.15) is 0 Å². The standard InChI is InChI=1S/C20H27N/c1-14(2)17-9-11-18(12-10-17)16(5)21-20-8-6-7-19(13-20)15(3)4/h6-16,21H,1-5H3. The van der Waals surface area contributed by atoms with E-state index in [1.54, 1.807) is 0 Å². The van der Waals surface area contributed by atoms with Crippen molar-refractivity contribution in [1.29, 1.82) is 0 Å². The van der Waals surface area contributed by atoms with Crippen molar-refractivity contribution >= 4 is 5.69 Å². The predicted octanol–water partition coefficient (Wildman–Crippen LogP) is 6.11. The fraction of sp³-hybridized carbons (Fsp3) is 0.400. The second-order valence-electron chi connectivity index (χ2n) is 6.47. The fourth-order valence-corrected chi connectivity index (χ4v) is 2.49. The highest BCUT2D eigenvalue weighted by atomic mass is 14.9. The summed E-state index contributed by atoms with van der Waals surface area (Å²) in [6, 6.07) is 18.0. The van der Waals surface area contributed by atoms with Crippen molar-refractivity contribution in [2.45, 2.75) is 52.5 Å². The first-order valence-electron chi connectivity index (χ1n) is 7.93. The largest absolute Gasteiger partial charge is 0.379 e. The zero-order valence-electron chi connectivity index (χ0n) is 13.9. The van der Waals surface area contributed by atoms with Crippen LogP contribution in [0.4, 0.5) is 5.69 Å². The van der Waals surface area contributed by atoms with Gasteiger partial charge in [0.15, 0.2) is 0 Å². The first-order chi connectivity index (χ1) is 9.97. The van der Waals surface area contributed by atoms with Gasteiger partial charge in [-0.1, -0.05) is 64.1 Å². The molecule has 1 heteroatoms. The number of rotatable bonds is 5. The summed E-state index contributed by atoms with van der Waals surface area (Å²) in [6.45, 7) is 11.1. The molecule has 1 nitrogen and oxygen atoms in total. The molecule has 2 aromatic rings. The monoisotopic (exact) mass is 281 g/mol. The second kappa shape index (κ2) is 6.80. The Hall–Kier alpha value is -1.76. The molecule has 2 aromatic carbocycles. The molecule has 0 radical (unpaired) electrons. The normalized spacial score (nSPS) is 12.7. The van der Waals surface area contributed by atoms with Crippen molar-refractivity contribution in [2.75, 3.05) is 5.32 Å². The van der Waals surface area contributed by atoms with Crippen molar-refractivity contribution in [2.24, 2.45) is 0 Å². The molecule has 1 atom stereocenters. The average Bonchev–Trinajstić information content (AvgIpc) is 2.47. The Labute approximate surface area is 129 Å². The summed E-state index contributed by atoms with van der Waals surface area (Å²) in [4.78, 5) is 0. The van der Waals surface area contributed by atoms with Gasteiger partial charge >= 0.3 is 0 Å². The Balaban J connectivity index is 2.10. The quantitative estimate of drug-likeness (QED) is 0.697. The molecule has 0 saturated heterocycles. The molecule has 2 rings (SSSR count). The molecule has 0 aliphatic carbocycles. The maximum Gasteiger partial charge on any atom is 0.0485 e. The summed E-state index contributed by atoms with van der Waals surface area (Å²) in [6.07, 6.45) is 0. The highest BCUT2D eigenvalue weighted by Crippen LogP contribution is 2.24. The lowest BCUT2D eigenvalue weighted by Crippen LogP contribution is -2.07. The summed E-state index contributed by atoms with van der Waals surface area (Å²) >= 11 is 0. The van der Waals surface area contributed by atoms with Crippen LogP contribution in [-0.2, 0) is 0 Å². The van der Waals surface area contributed by atoms with Gasteiger partial charge in [-0.15, -0.1) is 0 Å². The third-order valence-electron chi connectivity index (χ3n) is 4.04. The Kier molecular flexibility index (Phi) is 5.06. The van der Waals surface area contributed by atoms with Crippen LogP contribution in [0.2, 0.25) is 0 Å². The van der Waals surface area contributed by atoms with E-state index in [1.807, 2.05) is 0 Å². The Morgan fingerprint density at radius 3 is 1.81 bits per heavy atom. The summed E-state index contributed by atoms with van der Waals surface area (Å²) in [5.74, 6) is 1.15. The van der Waals surface area contributed by atoms with Crippen LogP contribution in [0.1, 0.15) is 69.2 Å².